The summed E-state index contributed by atoms with van der Waals surface area (Å²) in [6, 6.07) is 6.96. The lowest BCUT2D eigenvalue weighted by molar-refractivity contribution is 0.112. The minimum Gasteiger partial charge on any atom is -0.422 e. The van der Waals surface area contributed by atoms with Gasteiger partial charge < -0.3 is 9.73 Å². The number of carbonyl (C=O) groups is 1. The van der Waals surface area contributed by atoms with E-state index in [1.807, 2.05) is 19.1 Å². The predicted octanol–water partition coefficient (Wildman–Crippen LogP) is 2.04. The molecule has 16 heavy (non-hydrogen) atoms. The Hall–Kier alpha value is -2.10. The van der Waals surface area contributed by atoms with E-state index < -0.39 is 5.63 Å². The molecule has 0 radical (unpaired) electrons. The number of nitrogens with one attached hydrogen (secondary N) is 1. The standard InChI is InChI=1S/C12H11NO3/c1-2-13-10-4-3-8-5-9(7-14)12(15)16-11(8)6-10/h3-7,13H,2H2,1H3. The molecule has 0 atom stereocenters. The fourth-order valence-electron chi connectivity index (χ4n) is 1.52. The van der Waals surface area contributed by atoms with Crippen molar-refractivity contribution in [1.82, 2.24) is 0 Å². The summed E-state index contributed by atoms with van der Waals surface area (Å²) in [7, 11) is 0. The topological polar surface area (TPSA) is 59.3 Å². The van der Waals surface area contributed by atoms with Crippen molar-refractivity contribution in [2.24, 2.45) is 0 Å². The number of fused-ring (bicyclic) bond motifs is 1. The first kappa shape index (κ1) is 10.4. The number of hydrogen-bond acceptors (Lipinski definition) is 4. The van der Waals surface area contributed by atoms with Crippen molar-refractivity contribution < 1.29 is 9.21 Å². The molecular weight excluding hydrogens is 206 g/mol. The number of anilines is 1. The number of rotatable bonds is 3. The minimum atomic E-state index is -0.601. The van der Waals surface area contributed by atoms with Crippen LogP contribution in [0.1, 0.15) is 17.3 Å². The van der Waals surface area contributed by atoms with Gasteiger partial charge in [0.05, 0.1) is 0 Å². The third kappa shape index (κ3) is 1.82. The Bertz CT molecular complexity index is 586. The third-order valence-electron chi connectivity index (χ3n) is 2.27. The van der Waals surface area contributed by atoms with Gasteiger partial charge in [0.25, 0.3) is 0 Å². The SMILES string of the molecule is CCNc1ccc2cc(C=O)c(=O)oc2c1. The van der Waals surface area contributed by atoms with E-state index in [1.54, 1.807) is 6.07 Å². The Balaban J connectivity index is 2.62. The van der Waals surface area contributed by atoms with Crippen molar-refractivity contribution in [3.63, 3.8) is 0 Å². The van der Waals surface area contributed by atoms with Gasteiger partial charge in [0.2, 0.25) is 0 Å². The summed E-state index contributed by atoms with van der Waals surface area (Å²) in [5, 5.41) is 3.86. The average molecular weight is 217 g/mol. The van der Waals surface area contributed by atoms with E-state index in [-0.39, 0.29) is 5.56 Å². The van der Waals surface area contributed by atoms with Gasteiger partial charge in [0.1, 0.15) is 11.1 Å². The summed E-state index contributed by atoms with van der Waals surface area (Å²) in [6.07, 6.45) is 0.503. The molecule has 2 rings (SSSR count). The lowest BCUT2D eigenvalue weighted by Gasteiger charge is -2.03. The number of hydrogen-bond donors (Lipinski definition) is 1. The van der Waals surface area contributed by atoms with Gasteiger partial charge in [-0.3, -0.25) is 4.79 Å². The molecular formula is C12H11NO3. The van der Waals surface area contributed by atoms with Crippen LogP contribution >= 0.6 is 0 Å². The molecule has 1 aromatic heterocycles. The van der Waals surface area contributed by atoms with Crippen LogP contribution in [-0.2, 0) is 0 Å². The maximum absolute atomic E-state index is 11.3. The molecule has 0 aliphatic carbocycles. The number of aldehydes is 1. The highest BCUT2D eigenvalue weighted by atomic mass is 16.4. The van der Waals surface area contributed by atoms with E-state index in [0.29, 0.717) is 11.9 Å². The van der Waals surface area contributed by atoms with Crippen LogP contribution in [0.3, 0.4) is 0 Å². The van der Waals surface area contributed by atoms with E-state index in [0.717, 1.165) is 17.6 Å². The van der Waals surface area contributed by atoms with Crippen LogP contribution in [-0.4, -0.2) is 12.8 Å². The maximum Gasteiger partial charge on any atom is 0.346 e. The molecule has 0 aliphatic rings. The lowest BCUT2D eigenvalue weighted by Crippen LogP contribution is -2.05. The summed E-state index contributed by atoms with van der Waals surface area (Å²) >= 11 is 0. The molecule has 4 nitrogen and oxygen atoms in total. The highest BCUT2D eigenvalue weighted by Gasteiger charge is 2.04. The van der Waals surface area contributed by atoms with E-state index in [2.05, 4.69) is 5.32 Å². The van der Waals surface area contributed by atoms with Crippen molar-refractivity contribution in [3.05, 3.63) is 40.2 Å². The highest BCUT2D eigenvalue weighted by molar-refractivity contribution is 5.86. The molecule has 0 amide bonds. The Kier molecular flexibility index (Phi) is 2.72. The largest absolute Gasteiger partial charge is 0.422 e. The first-order valence-electron chi connectivity index (χ1n) is 5.01. The molecule has 0 bridgehead atoms. The summed E-state index contributed by atoms with van der Waals surface area (Å²) in [4.78, 5) is 21.9. The second-order valence-electron chi connectivity index (χ2n) is 3.39. The molecule has 0 saturated heterocycles. The molecule has 0 unspecified atom stereocenters. The van der Waals surface area contributed by atoms with Gasteiger partial charge in [-0.25, -0.2) is 4.79 Å². The second-order valence-corrected chi connectivity index (χ2v) is 3.39. The van der Waals surface area contributed by atoms with Crippen molar-refractivity contribution in [2.75, 3.05) is 11.9 Å². The second kappa shape index (κ2) is 4.18. The van der Waals surface area contributed by atoms with Gasteiger partial charge in [-0.15, -0.1) is 0 Å². The molecule has 0 spiro atoms. The Morgan fingerprint density at radius 1 is 1.38 bits per heavy atom. The van der Waals surface area contributed by atoms with Crippen molar-refractivity contribution in [2.45, 2.75) is 6.92 Å². The van der Waals surface area contributed by atoms with Gasteiger partial charge in [-0.05, 0) is 25.1 Å². The average Bonchev–Trinajstić information content (AvgIpc) is 2.28. The zero-order chi connectivity index (χ0) is 11.5. The van der Waals surface area contributed by atoms with Crippen molar-refractivity contribution in [3.8, 4) is 0 Å². The molecule has 4 heteroatoms. The first-order valence-corrected chi connectivity index (χ1v) is 5.01. The van der Waals surface area contributed by atoms with Crippen molar-refractivity contribution in [1.29, 1.82) is 0 Å². The van der Waals surface area contributed by atoms with Crippen LogP contribution < -0.4 is 10.9 Å². The van der Waals surface area contributed by atoms with Crippen LogP contribution in [0.5, 0.6) is 0 Å². The smallest absolute Gasteiger partial charge is 0.346 e. The van der Waals surface area contributed by atoms with Crippen LogP contribution in [0.15, 0.2) is 33.5 Å². The lowest BCUT2D eigenvalue weighted by atomic mass is 10.2. The Morgan fingerprint density at radius 3 is 2.88 bits per heavy atom. The zero-order valence-corrected chi connectivity index (χ0v) is 8.82. The maximum atomic E-state index is 11.3. The van der Waals surface area contributed by atoms with E-state index in [9.17, 15) is 9.59 Å². The molecule has 1 heterocycles. The summed E-state index contributed by atoms with van der Waals surface area (Å²) in [5.74, 6) is 0. The fraction of sp³-hybridized carbons (Fsp3) is 0.167. The molecule has 0 fully saturated rings. The normalized spacial score (nSPS) is 10.3. The van der Waals surface area contributed by atoms with Gasteiger partial charge in [-0.1, -0.05) is 0 Å². The monoisotopic (exact) mass is 217 g/mol. The Labute approximate surface area is 91.9 Å². The van der Waals surface area contributed by atoms with Crippen LogP contribution in [0.25, 0.3) is 11.0 Å². The minimum absolute atomic E-state index is 0.0451. The molecule has 2 aromatic rings. The molecule has 0 saturated carbocycles. The van der Waals surface area contributed by atoms with Crippen LogP contribution in [0.4, 0.5) is 5.69 Å². The predicted molar refractivity (Wildman–Crippen MR) is 62.0 cm³/mol. The molecule has 1 N–H and O–H groups in total. The van der Waals surface area contributed by atoms with Crippen LogP contribution in [0.2, 0.25) is 0 Å². The molecule has 82 valence electrons. The van der Waals surface area contributed by atoms with E-state index in [4.69, 9.17) is 4.42 Å². The van der Waals surface area contributed by atoms with Crippen LogP contribution in [0, 0.1) is 0 Å². The summed E-state index contributed by atoms with van der Waals surface area (Å²) in [5.41, 5.74) is 0.811. The van der Waals surface area contributed by atoms with E-state index in [1.165, 1.54) is 6.07 Å². The quantitative estimate of drug-likeness (QED) is 0.631. The number of benzene rings is 1. The van der Waals surface area contributed by atoms with Gasteiger partial charge in [0, 0.05) is 23.7 Å². The highest BCUT2D eigenvalue weighted by Crippen LogP contribution is 2.18. The van der Waals surface area contributed by atoms with Gasteiger partial charge in [0.15, 0.2) is 6.29 Å². The fourth-order valence-corrected chi connectivity index (χ4v) is 1.52. The summed E-state index contributed by atoms with van der Waals surface area (Å²) in [6.45, 7) is 2.78. The van der Waals surface area contributed by atoms with Gasteiger partial charge >= 0.3 is 5.63 Å². The first-order chi connectivity index (χ1) is 7.74. The number of carbonyl (C=O) groups excluding carboxylic acids is 1. The van der Waals surface area contributed by atoms with E-state index >= 15 is 0 Å². The Morgan fingerprint density at radius 2 is 2.19 bits per heavy atom. The molecule has 0 aliphatic heterocycles. The third-order valence-corrected chi connectivity index (χ3v) is 2.27. The van der Waals surface area contributed by atoms with Crippen molar-refractivity contribution >= 4 is 22.9 Å². The zero-order valence-electron chi connectivity index (χ0n) is 8.82. The summed E-state index contributed by atoms with van der Waals surface area (Å²) < 4.78 is 5.04. The molecule has 1 aromatic carbocycles. The van der Waals surface area contributed by atoms with Gasteiger partial charge in [-0.2, -0.15) is 0 Å².